The molecule has 2 heteroatoms. The van der Waals surface area contributed by atoms with Crippen LogP contribution in [0.25, 0.3) is 0 Å². The number of hydrogen-bond acceptors (Lipinski definition) is 1. The molecule has 0 aliphatic carbocycles. The second kappa shape index (κ2) is 5.68. The first-order chi connectivity index (χ1) is 7.84. The van der Waals surface area contributed by atoms with Gasteiger partial charge in [-0.15, -0.1) is 0 Å². The van der Waals surface area contributed by atoms with Crippen LogP contribution in [0.1, 0.15) is 57.6 Å². The first-order valence-corrected chi connectivity index (χ1v) is 6.51. The largest absolute Gasteiger partial charge is 0.281 e. The molecule has 1 atom stereocenters. The number of carbonyl (C=O) groups excluding carboxylic acids is 1. The summed E-state index contributed by atoms with van der Waals surface area (Å²) in [5.74, 6) is 0.244. The minimum absolute atomic E-state index is 0.169. The van der Waals surface area contributed by atoms with Crippen LogP contribution in [0, 0.1) is 0 Å². The number of rotatable bonds is 4. The lowest BCUT2D eigenvalue weighted by Crippen LogP contribution is -2.11. The molecule has 0 aliphatic rings. The van der Waals surface area contributed by atoms with Crippen LogP contribution in [0.5, 0.6) is 0 Å². The molecule has 0 amide bonds. The molecule has 1 rings (SSSR count). The Labute approximate surface area is 109 Å². The molecule has 0 saturated carbocycles. The molecule has 0 spiro atoms. The van der Waals surface area contributed by atoms with E-state index < -0.39 is 0 Å². The quantitative estimate of drug-likeness (QED) is 0.714. The molecule has 94 valence electrons. The standard InChI is InChI=1S/C15H21ClO/c1-5-11(10-14(16)17)12-6-8-13(9-7-12)15(2,3)4/h6-9,11H,5,10H2,1-4H3. The van der Waals surface area contributed by atoms with Crippen LogP contribution in [0.4, 0.5) is 0 Å². The van der Waals surface area contributed by atoms with Crippen LogP contribution in [-0.4, -0.2) is 5.24 Å². The molecule has 0 aliphatic heterocycles. The van der Waals surface area contributed by atoms with Gasteiger partial charge in [-0.25, -0.2) is 0 Å². The van der Waals surface area contributed by atoms with Gasteiger partial charge >= 0.3 is 0 Å². The third-order valence-electron chi connectivity index (χ3n) is 3.15. The molecule has 1 nitrogen and oxygen atoms in total. The topological polar surface area (TPSA) is 17.1 Å². The molecule has 1 aromatic carbocycles. The lowest BCUT2D eigenvalue weighted by Gasteiger charge is -2.20. The van der Waals surface area contributed by atoms with E-state index in [1.807, 2.05) is 0 Å². The Hall–Kier alpha value is -0.820. The second-order valence-corrected chi connectivity index (χ2v) is 5.96. The Morgan fingerprint density at radius 1 is 1.24 bits per heavy atom. The zero-order valence-electron chi connectivity index (χ0n) is 11.1. The summed E-state index contributed by atoms with van der Waals surface area (Å²) < 4.78 is 0. The van der Waals surface area contributed by atoms with Crippen LogP contribution in [-0.2, 0) is 10.2 Å². The number of carbonyl (C=O) groups is 1. The van der Waals surface area contributed by atoms with E-state index in [1.165, 1.54) is 11.1 Å². The molecule has 1 aromatic rings. The summed E-state index contributed by atoms with van der Waals surface area (Å²) in [5, 5.41) is -0.253. The zero-order valence-corrected chi connectivity index (χ0v) is 11.8. The van der Waals surface area contributed by atoms with Crippen molar-refractivity contribution in [2.24, 2.45) is 0 Å². The molecule has 0 N–H and O–H groups in total. The maximum Gasteiger partial charge on any atom is 0.222 e. The van der Waals surface area contributed by atoms with Gasteiger partial charge < -0.3 is 0 Å². The van der Waals surface area contributed by atoms with E-state index in [0.717, 1.165) is 6.42 Å². The van der Waals surface area contributed by atoms with Crippen molar-refractivity contribution in [1.29, 1.82) is 0 Å². The van der Waals surface area contributed by atoms with Crippen molar-refractivity contribution in [2.75, 3.05) is 0 Å². The average Bonchev–Trinajstić information content (AvgIpc) is 2.24. The minimum atomic E-state index is -0.253. The predicted octanol–water partition coefficient (Wildman–Crippen LogP) is 4.63. The normalized spacial score (nSPS) is 13.5. The molecule has 0 bridgehead atoms. The molecule has 1 unspecified atom stereocenters. The fraction of sp³-hybridized carbons (Fsp3) is 0.533. The first kappa shape index (κ1) is 14.2. The molecule has 0 fully saturated rings. The Kier molecular flexibility index (Phi) is 4.76. The summed E-state index contributed by atoms with van der Waals surface area (Å²) in [6.07, 6.45) is 1.36. The van der Waals surface area contributed by atoms with Gasteiger partial charge in [-0.1, -0.05) is 52.0 Å². The van der Waals surface area contributed by atoms with Gasteiger partial charge in [0.05, 0.1) is 0 Å². The second-order valence-electron chi connectivity index (χ2n) is 5.54. The average molecular weight is 253 g/mol. The van der Waals surface area contributed by atoms with Crippen molar-refractivity contribution in [3.8, 4) is 0 Å². The van der Waals surface area contributed by atoms with Crippen molar-refractivity contribution < 1.29 is 4.79 Å². The van der Waals surface area contributed by atoms with Crippen LogP contribution < -0.4 is 0 Å². The summed E-state index contributed by atoms with van der Waals surface area (Å²) >= 11 is 5.47. The van der Waals surface area contributed by atoms with E-state index >= 15 is 0 Å². The monoisotopic (exact) mass is 252 g/mol. The highest BCUT2D eigenvalue weighted by Gasteiger charge is 2.16. The van der Waals surface area contributed by atoms with Gasteiger partial charge in [0.1, 0.15) is 0 Å². The van der Waals surface area contributed by atoms with E-state index in [4.69, 9.17) is 11.6 Å². The van der Waals surface area contributed by atoms with Crippen LogP contribution >= 0.6 is 11.6 Å². The molecule has 17 heavy (non-hydrogen) atoms. The van der Waals surface area contributed by atoms with Gasteiger partial charge in [-0.3, -0.25) is 4.79 Å². The molecule has 0 heterocycles. The fourth-order valence-corrected chi connectivity index (χ4v) is 2.13. The summed E-state index contributed by atoms with van der Waals surface area (Å²) in [6.45, 7) is 8.67. The Bertz CT molecular complexity index is 373. The fourth-order valence-electron chi connectivity index (χ4n) is 1.95. The number of hydrogen-bond donors (Lipinski definition) is 0. The molecule has 0 aromatic heterocycles. The highest BCUT2D eigenvalue weighted by Crippen LogP contribution is 2.28. The van der Waals surface area contributed by atoms with Crippen LogP contribution in [0.2, 0.25) is 0 Å². The van der Waals surface area contributed by atoms with Crippen molar-refractivity contribution >= 4 is 16.8 Å². The van der Waals surface area contributed by atoms with Crippen molar-refractivity contribution in [2.45, 2.75) is 51.9 Å². The van der Waals surface area contributed by atoms with E-state index in [0.29, 0.717) is 6.42 Å². The maximum absolute atomic E-state index is 11.0. The number of halogens is 1. The maximum atomic E-state index is 11.0. The van der Waals surface area contributed by atoms with Gasteiger partial charge in [-0.05, 0) is 40.5 Å². The van der Waals surface area contributed by atoms with Gasteiger partial charge in [0.15, 0.2) is 0 Å². The predicted molar refractivity (Wildman–Crippen MR) is 73.7 cm³/mol. The van der Waals surface area contributed by atoms with Gasteiger partial charge in [0, 0.05) is 6.42 Å². The van der Waals surface area contributed by atoms with E-state index in [2.05, 4.69) is 52.0 Å². The lowest BCUT2D eigenvalue weighted by molar-refractivity contribution is -0.112. The highest BCUT2D eigenvalue weighted by molar-refractivity contribution is 6.63. The molecular formula is C15H21ClO. The van der Waals surface area contributed by atoms with Crippen molar-refractivity contribution in [1.82, 2.24) is 0 Å². The highest BCUT2D eigenvalue weighted by atomic mass is 35.5. The third-order valence-corrected chi connectivity index (χ3v) is 3.30. The van der Waals surface area contributed by atoms with E-state index in [-0.39, 0.29) is 16.6 Å². The number of benzene rings is 1. The summed E-state index contributed by atoms with van der Waals surface area (Å²) in [6, 6.07) is 8.54. The van der Waals surface area contributed by atoms with E-state index in [9.17, 15) is 4.79 Å². The lowest BCUT2D eigenvalue weighted by atomic mass is 9.85. The van der Waals surface area contributed by atoms with E-state index in [1.54, 1.807) is 0 Å². The summed E-state index contributed by atoms with van der Waals surface area (Å²) in [4.78, 5) is 11.0. The first-order valence-electron chi connectivity index (χ1n) is 6.13. The van der Waals surface area contributed by atoms with Gasteiger partial charge in [0.25, 0.3) is 0 Å². The zero-order chi connectivity index (χ0) is 13.1. The van der Waals surface area contributed by atoms with Crippen molar-refractivity contribution in [3.05, 3.63) is 35.4 Å². The minimum Gasteiger partial charge on any atom is -0.281 e. The van der Waals surface area contributed by atoms with Crippen LogP contribution in [0.3, 0.4) is 0 Å². The van der Waals surface area contributed by atoms with Crippen molar-refractivity contribution in [3.63, 3.8) is 0 Å². The Morgan fingerprint density at radius 3 is 2.12 bits per heavy atom. The molecular weight excluding hydrogens is 232 g/mol. The smallest absolute Gasteiger partial charge is 0.222 e. The summed E-state index contributed by atoms with van der Waals surface area (Å²) in [5.41, 5.74) is 2.69. The molecule has 0 radical (unpaired) electrons. The van der Waals surface area contributed by atoms with Crippen LogP contribution in [0.15, 0.2) is 24.3 Å². The third kappa shape index (κ3) is 4.16. The summed E-state index contributed by atoms with van der Waals surface area (Å²) in [7, 11) is 0. The Balaban J connectivity index is 2.89. The van der Waals surface area contributed by atoms with Gasteiger partial charge in [0.2, 0.25) is 5.24 Å². The Morgan fingerprint density at radius 2 is 1.76 bits per heavy atom. The SMILES string of the molecule is CCC(CC(=O)Cl)c1ccc(C(C)(C)C)cc1. The molecule has 0 saturated heterocycles. The van der Waals surface area contributed by atoms with Gasteiger partial charge in [-0.2, -0.15) is 0 Å².